The Labute approximate surface area is 159 Å². The number of methoxy groups -OCH3 is 3. The van der Waals surface area contributed by atoms with Crippen LogP contribution in [0.4, 0.5) is 0 Å². The minimum absolute atomic E-state index is 0.110. The fourth-order valence-corrected chi connectivity index (χ4v) is 3.55. The Morgan fingerprint density at radius 3 is 2.59 bits per heavy atom. The van der Waals surface area contributed by atoms with Crippen LogP contribution in [0.2, 0.25) is 0 Å². The van der Waals surface area contributed by atoms with E-state index in [1.165, 1.54) is 0 Å². The Bertz CT molecular complexity index is 754. The maximum atomic E-state index is 10.0. The number of aromatic nitrogens is 3. The van der Waals surface area contributed by atoms with Crippen molar-refractivity contribution in [3.63, 3.8) is 0 Å². The van der Waals surface area contributed by atoms with Crippen molar-refractivity contribution in [2.45, 2.75) is 43.9 Å². The van der Waals surface area contributed by atoms with Gasteiger partial charge in [-0.05, 0) is 30.5 Å². The van der Waals surface area contributed by atoms with Crippen LogP contribution in [-0.4, -0.2) is 60.0 Å². The van der Waals surface area contributed by atoms with Gasteiger partial charge in [0.05, 0.1) is 33.5 Å². The van der Waals surface area contributed by atoms with Crippen molar-refractivity contribution in [3.8, 4) is 11.5 Å². The van der Waals surface area contributed by atoms with Gasteiger partial charge in [0.2, 0.25) is 0 Å². The number of hydrogen-bond acceptors (Lipinski definition) is 7. The summed E-state index contributed by atoms with van der Waals surface area (Å²) in [5, 5.41) is 14.7. The van der Waals surface area contributed by atoms with Gasteiger partial charge in [0.25, 0.3) is 0 Å². The average molecular weight is 376 g/mol. The summed E-state index contributed by atoms with van der Waals surface area (Å²) in [6.07, 6.45) is 1.41. The summed E-state index contributed by atoms with van der Waals surface area (Å²) >= 11 is 0. The average Bonchev–Trinajstić information content (AvgIpc) is 3.22. The van der Waals surface area contributed by atoms with Crippen molar-refractivity contribution < 1.29 is 19.3 Å². The molecule has 1 aliphatic carbocycles. The minimum atomic E-state index is -0.489. The first-order chi connectivity index (χ1) is 13.0. The van der Waals surface area contributed by atoms with Crippen molar-refractivity contribution in [2.24, 2.45) is 5.73 Å². The molecule has 0 bridgehead atoms. The second kappa shape index (κ2) is 8.69. The lowest BCUT2D eigenvalue weighted by molar-refractivity contribution is 0.163. The highest BCUT2D eigenvalue weighted by Gasteiger charge is 2.34. The van der Waals surface area contributed by atoms with Gasteiger partial charge in [-0.25, -0.2) is 9.67 Å². The molecule has 1 saturated carbocycles. The molecular formula is C19H28N4O4. The van der Waals surface area contributed by atoms with Gasteiger partial charge < -0.3 is 25.1 Å². The number of ether oxygens (including phenoxy) is 3. The van der Waals surface area contributed by atoms with Crippen LogP contribution < -0.4 is 15.2 Å². The van der Waals surface area contributed by atoms with E-state index < -0.39 is 6.10 Å². The molecule has 0 saturated heterocycles. The number of rotatable bonds is 8. The fraction of sp³-hybridized carbons (Fsp3) is 0.579. The summed E-state index contributed by atoms with van der Waals surface area (Å²) in [4.78, 5) is 4.76. The molecule has 1 fully saturated rings. The second-order valence-electron chi connectivity index (χ2n) is 6.87. The highest BCUT2D eigenvalue weighted by Crippen LogP contribution is 2.33. The van der Waals surface area contributed by atoms with Gasteiger partial charge in [0, 0.05) is 25.5 Å². The number of nitrogens with two attached hydrogens (primary N) is 1. The Hall–Kier alpha value is -2.16. The molecule has 0 aliphatic heterocycles. The van der Waals surface area contributed by atoms with Crippen LogP contribution in [0.5, 0.6) is 11.5 Å². The van der Waals surface area contributed by atoms with Crippen LogP contribution in [0.15, 0.2) is 18.2 Å². The van der Waals surface area contributed by atoms with Crippen molar-refractivity contribution >= 4 is 0 Å². The summed E-state index contributed by atoms with van der Waals surface area (Å²) < 4.78 is 17.7. The van der Waals surface area contributed by atoms with Crippen molar-refractivity contribution in [1.29, 1.82) is 0 Å². The van der Waals surface area contributed by atoms with Gasteiger partial charge in [-0.2, -0.15) is 5.10 Å². The second-order valence-corrected chi connectivity index (χ2v) is 6.87. The van der Waals surface area contributed by atoms with Gasteiger partial charge in [0.15, 0.2) is 17.3 Å². The molecule has 0 spiro atoms. The maximum Gasteiger partial charge on any atom is 0.161 e. The molecule has 27 heavy (non-hydrogen) atoms. The van der Waals surface area contributed by atoms with Gasteiger partial charge in [-0.3, -0.25) is 0 Å². The molecule has 1 heterocycles. The van der Waals surface area contributed by atoms with E-state index in [0.717, 1.165) is 17.2 Å². The highest BCUT2D eigenvalue weighted by atomic mass is 16.5. The zero-order valence-corrected chi connectivity index (χ0v) is 16.1. The molecule has 8 heteroatoms. The SMILES string of the molecule is COCCn1nc(Cc2ccc(OC)c(OC)c2)nc1[C@H]1C[C@H](N)[C@@H](O)C1. The summed E-state index contributed by atoms with van der Waals surface area (Å²) in [5.74, 6) is 3.07. The molecule has 0 amide bonds. The van der Waals surface area contributed by atoms with Crippen LogP contribution in [0.25, 0.3) is 0 Å². The molecule has 0 unspecified atom stereocenters. The monoisotopic (exact) mass is 376 g/mol. The van der Waals surface area contributed by atoms with E-state index in [2.05, 4.69) is 5.10 Å². The zero-order valence-electron chi connectivity index (χ0n) is 16.1. The molecule has 1 aromatic heterocycles. The smallest absolute Gasteiger partial charge is 0.161 e. The van der Waals surface area contributed by atoms with Crippen LogP contribution >= 0.6 is 0 Å². The fourth-order valence-electron chi connectivity index (χ4n) is 3.55. The predicted molar refractivity (Wildman–Crippen MR) is 100 cm³/mol. The summed E-state index contributed by atoms with van der Waals surface area (Å²) in [6, 6.07) is 5.58. The van der Waals surface area contributed by atoms with E-state index in [1.807, 2.05) is 22.9 Å². The number of hydrogen-bond donors (Lipinski definition) is 2. The molecule has 0 radical (unpaired) electrons. The molecule has 2 aromatic rings. The zero-order chi connectivity index (χ0) is 19.4. The van der Waals surface area contributed by atoms with Crippen LogP contribution in [-0.2, 0) is 17.7 Å². The number of nitrogens with zero attached hydrogens (tertiary/aromatic N) is 3. The van der Waals surface area contributed by atoms with Gasteiger partial charge in [0.1, 0.15) is 5.82 Å². The van der Waals surface area contributed by atoms with E-state index in [0.29, 0.717) is 43.9 Å². The van der Waals surface area contributed by atoms with Crippen molar-refractivity contribution in [2.75, 3.05) is 27.9 Å². The molecule has 1 aromatic carbocycles. The van der Waals surface area contributed by atoms with Gasteiger partial charge in [-0.15, -0.1) is 0 Å². The molecular weight excluding hydrogens is 348 g/mol. The molecule has 148 valence electrons. The third-order valence-corrected chi connectivity index (χ3v) is 5.00. The lowest BCUT2D eigenvalue weighted by atomic mass is 10.1. The lowest BCUT2D eigenvalue weighted by Gasteiger charge is -2.10. The topological polar surface area (TPSA) is 105 Å². The summed E-state index contributed by atoms with van der Waals surface area (Å²) in [7, 11) is 4.89. The van der Waals surface area contributed by atoms with Crippen molar-refractivity contribution in [1.82, 2.24) is 14.8 Å². The molecule has 1 aliphatic rings. The number of aliphatic hydroxyl groups is 1. The Morgan fingerprint density at radius 1 is 1.19 bits per heavy atom. The van der Waals surface area contributed by atoms with E-state index >= 15 is 0 Å². The van der Waals surface area contributed by atoms with Crippen molar-refractivity contribution in [3.05, 3.63) is 35.4 Å². The standard InChI is InChI=1S/C19H28N4O4/c1-25-7-6-23-19(13-10-14(20)15(24)11-13)21-18(22-23)9-12-4-5-16(26-2)17(8-12)27-3/h4-5,8,13-15,24H,6-7,9-11,20H2,1-3H3/t13-,14-,15-/m0/s1. The van der Waals surface area contributed by atoms with Crippen LogP contribution in [0.1, 0.15) is 36.0 Å². The Kier molecular flexibility index (Phi) is 6.30. The van der Waals surface area contributed by atoms with Gasteiger partial charge >= 0.3 is 0 Å². The summed E-state index contributed by atoms with van der Waals surface area (Å²) in [6.45, 7) is 1.17. The van der Waals surface area contributed by atoms with E-state index in [9.17, 15) is 5.11 Å². The maximum absolute atomic E-state index is 10.0. The van der Waals surface area contributed by atoms with Gasteiger partial charge in [-0.1, -0.05) is 6.07 Å². The minimum Gasteiger partial charge on any atom is -0.493 e. The molecule has 3 N–H and O–H groups in total. The largest absolute Gasteiger partial charge is 0.493 e. The third-order valence-electron chi connectivity index (χ3n) is 5.00. The Morgan fingerprint density at radius 2 is 1.96 bits per heavy atom. The molecule has 3 atom stereocenters. The first-order valence-corrected chi connectivity index (χ1v) is 9.12. The lowest BCUT2D eigenvalue weighted by Crippen LogP contribution is -2.28. The van der Waals surface area contributed by atoms with Crippen LogP contribution in [0, 0.1) is 0 Å². The predicted octanol–water partition coefficient (Wildman–Crippen LogP) is 1.10. The van der Waals surface area contributed by atoms with E-state index in [4.69, 9.17) is 24.9 Å². The Balaban J connectivity index is 1.83. The normalized spacial score (nSPS) is 22.2. The highest BCUT2D eigenvalue weighted by molar-refractivity contribution is 5.43. The van der Waals surface area contributed by atoms with Crippen LogP contribution in [0.3, 0.4) is 0 Å². The first-order valence-electron chi connectivity index (χ1n) is 9.12. The quantitative estimate of drug-likeness (QED) is 0.711. The third kappa shape index (κ3) is 4.40. The molecule has 8 nitrogen and oxygen atoms in total. The van der Waals surface area contributed by atoms with E-state index in [1.54, 1.807) is 21.3 Å². The number of aliphatic hydroxyl groups excluding tert-OH is 1. The van der Waals surface area contributed by atoms with E-state index in [-0.39, 0.29) is 12.0 Å². The first kappa shape index (κ1) is 19.6. The molecule has 3 rings (SSSR count). The number of benzene rings is 1. The summed E-state index contributed by atoms with van der Waals surface area (Å²) in [5.41, 5.74) is 7.02.